The molecule has 0 saturated carbocycles. The minimum atomic E-state index is 0.219. The van der Waals surface area contributed by atoms with Gasteiger partial charge in [-0.2, -0.15) is 0 Å². The lowest BCUT2D eigenvalue weighted by Gasteiger charge is -2.05. The number of aryl methyl sites for hydroxylation is 1. The van der Waals surface area contributed by atoms with Gasteiger partial charge in [0.05, 0.1) is 5.52 Å². The van der Waals surface area contributed by atoms with Gasteiger partial charge in [-0.25, -0.2) is 0 Å². The molecule has 84 valence electrons. The first kappa shape index (κ1) is 9.85. The Labute approximate surface area is 95.3 Å². The highest BCUT2D eigenvalue weighted by atomic mass is 15.0. The zero-order valence-electron chi connectivity index (χ0n) is 9.61. The summed E-state index contributed by atoms with van der Waals surface area (Å²) in [5, 5.41) is 1.30. The molecule has 3 heteroatoms. The Kier molecular flexibility index (Phi) is 2.21. The van der Waals surface area contributed by atoms with Gasteiger partial charge in [-0.3, -0.25) is 4.98 Å². The molecule has 2 aromatic rings. The zero-order chi connectivity index (χ0) is 11.1. The molecule has 16 heavy (non-hydrogen) atoms. The van der Waals surface area contributed by atoms with Crippen LogP contribution in [0.4, 0.5) is 0 Å². The van der Waals surface area contributed by atoms with E-state index in [4.69, 9.17) is 5.73 Å². The first-order valence-electron chi connectivity index (χ1n) is 5.97. The molecule has 0 saturated heterocycles. The number of pyridine rings is 1. The molecule has 0 unspecified atom stereocenters. The SMILES string of the molecule is C[C@@H](N)Cc1c2n(c3ccncc13)CCC2. The molecule has 0 aromatic carbocycles. The summed E-state index contributed by atoms with van der Waals surface area (Å²) in [5.74, 6) is 0. The number of rotatable bonds is 2. The van der Waals surface area contributed by atoms with Gasteiger partial charge in [0.25, 0.3) is 0 Å². The summed E-state index contributed by atoms with van der Waals surface area (Å²) >= 11 is 0. The third-order valence-electron chi connectivity index (χ3n) is 3.41. The molecule has 1 aliphatic rings. The summed E-state index contributed by atoms with van der Waals surface area (Å²) in [6.07, 6.45) is 7.28. The number of hydrogen-bond donors (Lipinski definition) is 1. The van der Waals surface area contributed by atoms with E-state index in [9.17, 15) is 0 Å². The van der Waals surface area contributed by atoms with Crippen LogP contribution >= 0.6 is 0 Å². The average molecular weight is 215 g/mol. The van der Waals surface area contributed by atoms with Crippen molar-refractivity contribution in [2.75, 3.05) is 0 Å². The Bertz CT molecular complexity index is 525. The third kappa shape index (κ3) is 1.35. The normalized spacial score (nSPS) is 16.6. The van der Waals surface area contributed by atoms with Gasteiger partial charge in [0.15, 0.2) is 0 Å². The first-order valence-corrected chi connectivity index (χ1v) is 5.97. The molecule has 3 rings (SSSR count). The molecule has 0 radical (unpaired) electrons. The fraction of sp³-hybridized carbons (Fsp3) is 0.462. The van der Waals surface area contributed by atoms with Crippen LogP contribution in [-0.2, 0) is 19.4 Å². The molecular formula is C13H17N3. The van der Waals surface area contributed by atoms with E-state index in [2.05, 4.69) is 22.5 Å². The van der Waals surface area contributed by atoms with Crippen molar-refractivity contribution in [3.63, 3.8) is 0 Å². The smallest absolute Gasteiger partial charge is 0.0516 e. The quantitative estimate of drug-likeness (QED) is 0.831. The van der Waals surface area contributed by atoms with E-state index in [1.54, 1.807) is 0 Å². The van der Waals surface area contributed by atoms with E-state index < -0.39 is 0 Å². The number of fused-ring (bicyclic) bond motifs is 3. The molecule has 0 spiro atoms. The van der Waals surface area contributed by atoms with Crippen molar-refractivity contribution >= 4 is 10.9 Å². The van der Waals surface area contributed by atoms with Crippen LogP contribution in [0, 0.1) is 0 Å². The van der Waals surface area contributed by atoms with Crippen molar-refractivity contribution in [3.05, 3.63) is 29.7 Å². The molecule has 1 atom stereocenters. The van der Waals surface area contributed by atoms with Gasteiger partial charge in [0, 0.05) is 36.1 Å². The molecule has 1 aliphatic heterocycles. The molecule has 3 heterocycles. The van der Waals surface area contributed by atoms with E-state index in [-0.39, 0.29) is 6.04 Å². The van der Waals surface area contributed by atoms with Crippen molar-refractivity contribution in [3.8, 4) is 0 Å². The molecule has 0 aliphatic carbocycles. The van der Waals surface area contributed by atoms with Crippen LogP contribution < -0.4 is 5.73 Å². The lowest BCUT2D eigenvalue weighted by Crippen LogP contribution is -2.18. The van der Waals surface area contributed by atoms with Crippen LogP contribution in [0.25, 0.3) is 10.9 Å². The standard InChI is InChI=1S/C13H17N3/c1-9(14)7-10-11-8-15-5-4-13(11)16-6-2-3-12(10)16/h4-5,8-9H,2-3,6-7,14H2,1H3/t9-/m1/s1. The van der Waals surface area contributed by atoms with Crippen LogP contribution in [0.1, 0.15) is 24.6 Å². The second kappa shape index (κ2) is 3.59. The summed E-state index contributed by atoms with van der Waals surface area (Å²) in [4.78, 5) is 4.24. The van der Waals surface area contributed by atoms with E-state index in [0.29, 0.717) is 0 Å². The summed E-state index contributed by atoms with van der Waals surface area (Å²) in [6, 6.07) is 2.34. The maximum atomic E-state index is 5.94. The highest BCUT2D eigenvalue weighted by Crippen LogP contribution is 2.31. The van der Waals surface area contributed by atoms with Crippen LogP contribution in [0.5, 0.6) is 0 Å². The van der Waals surface area contributed by atoms with Gasteiger partial charge in [-0.05, 0) is 37.8 Å². The van der Waals surface area contributed by atoms with Gasteiger partial charge < -0.3 is 10.3 Å². The van der Waals surface area contributed by atoms with Crippen molar-refractivity contribution in [1.82, 2.24) is 9.55 Å². The van der Waals surface area contributed by atoms with Crippen molar-refractivity contribution in [1.29, 1.82) is 0 Å². The Hall–Kier alpha value is -1.35. The van der Waals surface area contributed by atoms with Crippen LogP contribution in [0.3, 0.4) is 0 Å². The van der Waals surface area contributed by atoms with E-state index in [0.717, 1.165) is 13.0 Å². The maximum absolute atomic E-state index is 5.94. The maximum Gasteiger partial charge on any atom is 0.0516 e. The number of aromatic nitrogens is 2. The predicted molar refractivity (Wildman–Crippen MR) is 65.4 cm³/mol. The topological polar surface area (TPSA) is 43.8 Å². The predicted octanol–water partition coefficient (Wildman–Crippen LogP) is 1.87. The Morgan fingerprint density at radius 2 is 2.44 bits per heavy atom. The largest absolute Gasteiger partial charge is 0.344 e. The first-order chi connectivity index (χ1) is 7.77. The molecule has 0 fully saturated rings. The molecule has 0 bridgehead atoms. The second-order valence-electron chi connectivity index (χ2n) is 4.75. The molecule has 2 aromatic heterocycles. The van der Waals surface area contributed by atoms with Crippen molar-refractivity contribution in [2.45, 2.75) is 38.8 Å². The molecule has 3 nitrogen and oxygen atoms in total. The monoisotopic (exact) mass is 215 g/mol. The minimum absolute atomic E-state index is 0.219. The minimum Gasteiger partial charge on any atom is -0.344 e. The second-order valence-corrected chi connectivity index (χ2v) is 4.75. The average Bonchev–Trinajstić information content (AvgIpc) is 2.82. The van der Waals surface area contributed by atoms with Crippen LogP contribution in [-0.4, -0.2) is 15.6 Å². The number of nitrogens with two attached hydrogens (primary N) is 1. The number of hydrogen-bond acceptors (Lipinski definition) is 2. The van der Waals surface area contributed by atoms with E-state index in [1.807, 2.05) is 12.4 Å². The summed E-state index contributed by atoms with van der Waals surface area (Å²) < 4.78 is 2.44. The third-order valence-corrected chi connectivity index (χ3v) is 3.41. The molecular weight excluding hydrogens is 198 g/mol. The fourth-order valence-corrected chi connectivity index (χ4v) is 2.81. The summed E-state index contributed by atoms with van der Waals surface area (Å²) in [7, 11) is 0. The Morgan fingerprint density at radius 3 is 3.25 bits per heavy atom. The number of nitrogens with zero attached hydrogens (tertiary/aromatic N) is 2. The van der Waals surface area contributed by atoms with Crippen LogP contribution in [0.2, 0.25) is 0 Å². The zero-order valence-corrected chi connectivity index (χ0v) is 9.61. The van der Waals surface area contributed by atoms with Crippen LogP contribution in [0.15, 0.2) is 18.5 Å². The summed E-state index contributed by atoms with van der Waals surface area (Å²) in [6.45, 7) is 3.22. The Morgan fingerprint density at radius 1 is 1.56 bits per heavy atom. The fourth-order valence-electron chi connectivity index (χ4n) is 2.81. The van der Waals surface area contributed by atoms with Gasteiger partial charge in [-0.15, -0.1) is 0 Å². The summed E-state index contributed by atoms with van der Waals surface area (Å²) in [5.41, 5.74) is 10.2. The molecule has 0 amide bonds. The lowest BCUT2D eigenvalue weighted by molar-refractivity contribution is 0.733. The van der Waals surface area contributed by atoms with Crippen molar-refractivity contribution < 1.29 is 0 Å². The van der Waals surface area contributed by atoms with Gasteiger partial charge in [0.1, 0.15) is 0 Å². The lowest BCUT2D eigenvalue weighted by atomic mass is 10.0. The highest BCUT2D eigenvalue weighted by molar-refractivity contribution is 5.85. The van der Waals surface area contributed by atoms with Gasteiger partial charge in [-0.1, -0.05) is 0 Å². The van der Waals surface area contributed by atoms with E-state index in [1.165, 1.54) is 35.0 Å². The van der Waals surface area contributed by atoms with Crippen molar-refractivity contribution in [2.24, 2.45) is 5.73 Å². The van der Waals surface area contributed by atoms with Gasteiger partial charge >= 0.3 is 0 Å². The van der Waals surface area contributed by atoms with Gasteiger partial charge in [0.2, 0.25) is 0 Å². The molecule has 2 N–H and O–H groups in total. The van der Waals surface area contributed by atoms with E-state index >= 15 is 0 Å². The highest BCUT2D eigenvalue weighted by Gasteiger charge is 2.21. The Balaban J connectivity index is 2.25.